The lowest BCUT2D eigenvalue weighted by atomic mass is 10.2. The smallest absolute Gasteiger partial charge is 0.422 e. The van der Waals surface area contributed by atoms with Gasteiger partial charge in [0.25, 0.3) is 5.56 Å². The summed E-state index contributed by atoms with van der Waals surface area (Å²) >= 11 is 3.18. The third-order valence-electron chi connectivity index (χ3n) is 2.86. The van der Waals surface area contributed by atoms with Crippen molar-refractivity contribution in [3.63, 3.8) is 0 Å². The lowest BCUT2D eigenvalue weighted by molar-refractivity contribution is -0.153. The molecule has 0 amide bonds. The summed E-state index contributed by atoms with van der Waals surface area (Å²) in [6.07, 6.45) is -2.90. The average molecular weight is 392 g/mol. The van der Waals surface area contributed by atoms with E-state index in [1.807, 2.05) is 0 Å². The van der Waals surface area contributed by atoms with Gasteiger partial charge < -0.3 is 10.1 Å². The summed E-state index contributed by atoms with van der Waals surface area (Å²) in [6, 6.07) is 6.28. The minimum Gasteiger partial charge on any atom is -0.484 e. The van der Waals surface area contributed by atoms with Crippen LogP contribution < -0.4 is 15.6 Å². The first kappa shape index (κ1) is 17.3. The molecule has 1 aromatic heterocycles. The zero-order valence-corrected chi connectivity index (χ0v) is 13.6. The molecule has 5 nitrogen and oxygen atoms in total. The number of nitrogens with one attached hydrogen (secondary N) is 1. The molecule has 0 saturated carbocycles. The number of hydrogen-bond donors (Lipinski definition) is 1. The zero-order valence-electron chi connectivity index (χ0n) is 12.0. The van der Waals surface area contributed by atoms with Crippen LogP contribution in [0.1, 0.15) is 5.56 Å². The van der Waals surface area contributed by atoms with Crippen LogP contribution in [0.4, 0.5) is 18.9 Å². The summed E-state index contributed by atoms with van der Waals surface area (Å²) in [5.41, 5.74) is 0.907. The number of anilines is 1. The maximum Gasteiger partial charge on any atom is 0.422 e. The van der Waals surface area contributed by atoms with E-state index in [9.17, 15) is 18.0 Å². The molecule has 0 fully saturated rings. The highest BCUT2D eigenvalue weighted by Gasteiger charge is 2.28. The Hall–Kier alpha value is -2.03. The molecular formula is C14H13BrF3N3O2. The van der Waals surface area contributed by atoms with E-state index >= 15 is 0 Å². The summed E-state index contributed by atoms with van der Waals surface area (Å²) in [5, 5.41) is 6.88. The highest BCUT2D eigenvalue weighted by molar-refractivity contribution is 9.10. The maximum absolute atomic E-state index is 12.1. The second kappa shape index (κ2) is 7.03. The van der Waals surface area contributed by atoms with E-state index in [0.717, 1.165) is 0 Å². The molecule has 1 aromatic carbocycles. The molecular weight excluding hydrogens is 379 g/mol. The highest BCUT2D eigenvalue weighted by Crippen LogP contribution is 2.21. The largest absolute Gasteiger partial charge is 0.484 e. The number of ether oxygens (including phenoxy) is 1. The van der Waals surface area contributed by atoms with E-state index in [1.54, 1.807) is 12.1 Å². The summed E-state index contributed by atoms with van der Waals surface area (Å²) in [4.78, 5) is 11.7. The second-order valence-corrected chi connectivity index (χ2v) is 5.50. The van der Waals surface area contributed by atoms with Crippen molar-refractivity contribution < 1.29 is 17.9 Å². The van der Waals surface area contributed by atoms with Crippen LogP contribution in [-0.2, 0) is 13.6 Å². The van der Waals surface area contributed by atoms with Crippen molar-refractivity contribution in [2.24, 2.45) is 7.05 Å². The van der Waals surface area contributed by atoms with Crippen LogP contribution in [0.25, 0.3) is 0 Å². The van der Waals surface area contributed by atoms with Gasteiger partial charge in [0.05, 0.1) is 11.9 Å². The van der Waals surface area contributed by atoms with Gasteiger partial charge in [-0.15, -0.1) is 0 Å². The molecule has 0 bridgehead atoms. The lowest BCUT2D eigenvalue weighted by Crippen LogP contribution is -2.21. The predicted molar refractivity (Wildman–Crippen MR) is 82.5 cm³/mol. The molecule has 2 rings (SSSR count). The number of hydrogen-bond acceptors (Lipinski definition) is 4. The Labute approximate surface area is 138 Å². The van der Waals surface area contributed by atoms with E-state index in [2.05, 4.69) is 26.3 Å². The minimum atomic E-state index is -4.38. The van der Waals surface area contributed by atoms with Crippen LogP contribution >= 0.6 is 15.9 Å². The van der Waals surface area contributed by atoms with Crippen LogP contribution in [-0.4, -0.2) is 22.6 Å². The van der Waals surface area contributed by atoms with Crippen molar-refractivity contribution in [1.82, 2.24) is 9.78 Å². The fourth-order valence-electron chi connectivity index (χ4n) is 1.74. The van der Waals surface area contributed by atoms with E-state index < -0.39 is 12.8 Å². The van der Waals surface area contributed by atoms with Gasteiger partial charge in [-0.2, -0.15) is 18.3 Å². The van der Waals surface area contributed by atoms with Crippen LogP contribution in [0.5, 0.6) is 5.75 Å². The molecule has 1 N–H and O–H groups in total. The SMILES string of the molecule is Cn1ncc(NCc2cccc(OCC(F)(F)F)c2)c(Br)c1=O. The van der Waals surface area contributed by atoms with Crippen molar-refractivity contribution in [1.29, 1.82) is 0 Å². The highest BCUT2D eigenvalue weighted by atomic mass is 79.9. The molecule has 23 heavy (non-hydrogen) atoms. The lowest BCUT2D eigenvalue weighted by Gasteiger charge is -2.11. The average Bonchev–Trinajstić information content (AvgIpc) is 2.50. The van der Waals surface area contributed by atoms with Gasteiger partial charge in [-0.05, 0) is 33.6 Å². The number of rotatable bonds is 5. The number of aryl methyl sites for hydroxylation is 1. The standard InChI is InChI=1S/C14H13BrF3N3O2/c1-21-13(22)12(15)11(7-20-21)19-6-9-3-2-4-10(5-9)23-8-14(16,17)18/h2-5,7,19H,6,8H2,1H3. The molecule has 0 aliphatic rings. The topological polar surface area (TPSA) is 56.1 Å². The van der Waals surface area contributed by atoms with Crippen molar-refractivity contribution in [3.8, 4) is 5.75 Å². The Morgan fingerprint density at radius 1 is 1.39 bits per heavy atom. The van der Waals surface area contributed by atoms with Gasteiger partial charge in [0.2, 0.25) is 0 Å². The number of aromatic nitrogens is 2. The molecule has 0 atom stereocenters. The quantitative estimate of drug-likeness (QED) is 0.850. The molecule has 2 aromatic rings. The predicted octanol–water partition coefficient (Wildman–Crippen LogP) is 3.10. The Morgan fingerprint density at radius 3 is 2.83 bits per heavy atom. The zero-order chi connectivity index (χ0) is 17.0. The molecule has 0 radical (unpaired) electrons. The van der Waals surface area contributed by atoms with Crippen molar-refractivity contribution in [3.05, 3.63) is 50.9 Å². The molecule has 0 aliphatic heterocycles. The van der Waals surface area contributed by atoms with Gasteiger partial charge in [0.1, 0.15) is 10.2 Å². The third kappa shape index (κ3) is 4.98. The molecule has 0 saturated heterocycles. The van der Waals surface area contributed by atoms with E-state index in [4.69, 9.17) is 4.74 Å². The summed E-state index contributed by atoms with van der Waals surface area (Å²) in [5.74, 6) is 0.128. The first-order valence-corrected chi connectivity index (χ1v) is 7.30. The Kier molecular flexibility index (Phi) is 5.30. The van der Waals surface area contributed by atoms with Crippen LogP contribution in [0, 0.1) is 0 Å². The Morgan fingerprint density at radius 2 is 2.13 bits per heavy atom. The van der Waals surface area contributed by atoms with Gasteiger partial charge in [-0.3, -0.25) is 4.79 Å². The number of benzene rings is 1. The van der Waals surface area contributed by atoms with Gasteiger partial charge in [-0.1, -0.05) is 12.1 Å². The van der Waals surface area contributed by atoms with E-state index in [1.165, 1.54) is 30.1 Å². The van der Waals surface area contributed by atoms with Gasteiger partial charge in [0.15, 0.2) is 6.61 Å². The van der Waals surface area contributed by atoms with Crippen molar-refractivity contribution in [2.75, 3.05) is 11.9 Å². The summed E-state index contributed by atoms with van der Waals surface area (Å²) in [6.45, 7) is -1.04. The summed E-state index contributed by atoms with van der Waals surface area (Å²) in [7, 11) is 1.53. The molecule has 1 heterocycles. The fraction of sp³-hybridized carbons (Fsp3) is 0.286. The van der Waals surface area contributed by atoms with Gasteiger partial charge in [-0.25, -0.2) is 4.68 Å². The first-order valence-electron chi connectivity index (χ1n) is 6.50. The van der Waals surface area contributed by atoms with E-state index in [-0.39, 0.29) is 11.3 Å². The normalized spacial score (nSPS) is 11.3. The van der Waals surface area contributed by atoms with E-state index in [0.29, 0.717) is 22.3 Å². The van der Waals surface area contributed by atoms with Gasteiger partial charge >= 0.3 is 6.18 Å². The van der Waals surface area contributed by atoms with Crippen LogP contribution in [0.15, 0.2) is 39.7 Å². The third-order valence-corrected chi connectivity index (χ3v) is 3.63. The Balaban J connectivity index is 2.04. The van der Waals surface area contributed by atoms with Crippen molar-refractivity contribution >= 4 is 21.6 Å². The van der Waals surface area contributed by atoms with Crippen molar-refractivity contribution in [2.45, 2.75) is 12.7 Å². The monoisotopic (exact) mass is 391 g/mol. The molecule has 0 spiro atoms. The number of alkyl halides is 3. The van der Waals surface area contributed by atoms with Crippen LogP contribution in [0.3, 0.4) is 0 Å². The Bertz CT molecular complexity index is 747. The molecule has 9 heteroatoms. The van der Waals surface area contributed by atoms with Gasteiger partial charge in [0, 0.05) is 13.6 Å². The summed E-state index contributed by atoms with van der Waals surface area (Å²) < 4.78 is 42.6. The maximum atomic E-state index is 12.1. The van der Waals surface area contributed by atoms with Crippen LogP contribution in [0.2, 0.25) is 0 Å². The molecule has 0 aliphatic carbocycles. The minimum absolute atomic E-state index is 0.128. The molecule has 124 valence electrons. The second-order valence-electron chi connectivity index (χ2n) is 4.71. The first-order chi connectivity index (χ1) is 10.8. The molecule has 0 unspecified atom stereocenters. The fourth-order valence-corrected chi connectivity index (χ4v) is 2.24. The number of halogens is 4. The number of nitrogens with zero attached hydrogens (tertiary/aromatic N) is 2.